The second-order valence-corrected chi connectivity index (χ2v) is 6.15. The molecule has 1 aromatic heterocycles. The number of benzene rings is 2. The summed E-state index contributed by atoms with van der Waals surface area (Å²) in [5.74, 6) is 0.391. The van der Waals surface area contributed by atoms with E-state index in [4.69, 9.17) is 4.74 Å². The van der Waals surface area contributed by atoms with E-state index in [0.29, 0.717) is 17.1 Å². The lowest BCUT2D eigenvalue weighted by Gasteiger charge is -2.08. The fraction of sp³-hybridized carbons (Fsp3) is 0.111. The maximum Gasteiger partial charge on any atom is 0.275 e. The van der Waals surface area contributed by atoms with E-state index in [1.807, 2.05) is 49.4 Å². The van der Waals surface area contributed by atoms with Crippen LogP contribution in [0.1, 0.15) is 15.4 Å². The van der Waals surface area contributed by atoms with Crippen molar-refractivity contribution in [2.24, 2.45) is 0 Å². The van der Waals surface area contributed by atoms with Gasteiger partial charge in [-0.1, -0.05) is 42.5 Å². The summed E-state index contributed by atoms with van der Waals surface area (Å²) in [6.07, 6.45) is 0. The van der Waals surface area contributed by atoms with Crippen LogP contribution in [-0.2, 0) is 0 Å². The molecule has 116 valence electrons. The van der Waals surface area contributed by atoms with Gasteiger partial charge in [-0.15, -0.1) is 11.3 Å². The summed E-state index contributed by atoms with van der Waals surface area (Å²) < 4.78 is 5.25. The zero-order chi connectivity index (χ0) is 16.2. The van der Waals surface area contributed by atoms with Gasteiger partial charge >= 0.3 is 0 Å². The number of hydrogen-bond donors (Lipinski definition) is 1. The van der Waals surface area contributed by atoms with Crippen molar-refractivity contribution in [1.82, 2.24) is 4.98 Å². The second-order valence-electron chi connectivity index (χ2n) is 4.94. The van der Waals surface area contributed by atoms with Crippen LogP contribution in [0.4, 0.5) is 5.69 Å². The number of carbonyl (C=O) groups excluding carboxylic acids is 1. The molecule has 1 heterocycles. The molecule has 1 amide bonds. The van der Waals surface area contributed by atoms with Gasteiger partial charge in [0.05, 0.1) is 12.8 Å². The Morgan fingerprint density at radius 2 is 1.78 bits per heavy atom. The molecule has 0 spiro atoms. The molecule has 5 heteroatoms. The number of amides is 1. The Bertz CT molecular complexity index is 828. The van der Waals surface area contributed by atoms with E-state index in [0.717, 1.165) is 15.4 Å². The standard InChI is InChI=1S/C18H16N2O2S/c1-12-16(20-18(23-12)13-8-4-3-5-9-13)17(21)19-14-10-6-7-11-15(14)22-2/h3-11H,1-2H3,(H,19,21). The third kappa shape index (κ3) is 3.24. The monoisotopic (exact) mass is 324 g/mol. The number of aromatic nitrogens is 1. The minimum atomic E-state index is -0.231. The number of thiazole rings is 1. The maximum absolute atomic E-state index is 12.5. The lowest BCUT2D eigenvalue weighted by Crippen LogP contribution is -2.14. The van der Waals surface area contributed by atoms with Gasteiger partial charge in [0.1, 0.15) is 16.5 Å². The summed E-state index contributed by atoms with van der Waals surface area (Å²) >= 11 is 1.51. The van der Waals surface area contributed by atoms with Gasteiger partial charge in [-0.05, 0) is 19.1 Å². The minimum Gasteiger partial charge on any atom is -0.495 e. The van der Waals surface area contributed by atoms with E-state index in [-0.39, 0.29) is 5.91 Å². The molecular weight excluding hydrogens is 308 g/mol. The largest absolute Gasteiger partial charge is 0.495 e. The molecule has 0 saturated carbocycles. The van der Waals surface area contributed by atoms with Crippen LogP contribution in [0.15, 0.2) is 54.6 Å². The van der Waals surface area contributed by atoms with Crippen molar-refractivity contribution >= 4 is 22.9 Å². The number of nitrogens with one attached hydrogen (secondary N) is 1. The Hall–Kier alpha value is -2.66. The highest BCUT2D eigenvalue weighted by Gasteiger charge is 2.17. The quantitative estimate of drug-likeness (QED) is 0.775. The van der Waals surface area contributed by atoms with Crippen LogP contribution in [0.25, 0.3) is 10.6 Å². The second kappa shape index (κ2) is 6.62. The van der Waals surface area contributed by atoms with Gasteiger partial charge in [-0.25, -0.2) is 4.98 Å². The van der Waals surface area contributed by atoms with Crippen molar-refractivity contribution in [3.8, 4) is 16.3 Å². The van der Waals surface area contributed by atoms with Crippen LogP contribution in [0.5, 0.6) is 5.75 Å². The molecule has 0 unspecified atom stereocenters. The van der Waals surface area contributed by atoms with Crippen molar-refractivity contribution in [3.05, 3.63) is 65.2 Å². The number of methoxy groups -OCH3 is 1. The SMILES string of the molecule is COc1ccccc1NC(=O)c1nc(-c2ccccc2)sc1C. The first kappa shape index (κ1) is 15.2. The van der Waals surface area contributed by atoms with Crippen LogP contribution < -0.4 is 10.1 Å². The maximum atomic E-state index is 12.5. The van der Waals surface area contributed by atoms with Gasteiger partial charge in [0.15, 0.2) is 0 Å². The number of ether oxygens (including phenoxy) is 1. The van der Waals surface area contributed by atoms with E-state index in [9.17, 15) is 4.79 Å². The first-order valence-electron chi connectivity index (χ1n) is 7.16. The van der Waals surface area contributed by atoms with Crippen LogP contribution in [0.3, 0.4) is 0 Å². The topological polar surface area (TPSA) is 51.2 Å². The van der Waals surface area contributed by atoms with E-state index in [2.05, 4.69) is 10.3 Å². The summed E-state index contributed by atoms with van der Waals surface area (Å²) in [6, 6.07) is 17.2. The summed E-state index contributed by atoms with van der Waals surface area (Å²) in [7, 11) is 1.58. The van der Waals surface area contributed by atoms with Gasteiger partial charge in [-0.3, -0.25) is 4.79 Å². The predicted octanol–water partition coefficient (Wildman–Crippen LogP) is 4.38. The van der Waals surface area contributed by atoms with Gasteiger partial charge < -0.3 is 10.1 Å². The van der Waals surface area contributed by atoms with Crippen molar-refractivity contribution < 1.29 is 9.53 Å². The molecule has 0 atom stereocenters. The number of nitrogens with zero attached hydrogens (tertiary/aromatic N) is 1. The van der Waals surface area contributed by atoms with E-state index in [1.54, 1.807) is 19.2 Å². The smallest absolute Gasteiger partial charge is 0.275 e. The summed E-state index contributed by atoms with van der Waals surface area (Å²) in [5.41, 5.74) is 2.09. The van der Waals surface area contributed by atoms with Gasteiger partial charge in [0.2, 0.25) is 0 Å². The molecule has 3 rings (SSSR count). The number of anilines is 1. The number of carbonyl (C=O) groups is 1. The zero-order valence-corrected chi connectivity index (χ0v) is 13.7. The molecule has 1 N–H and O–H groups in total. The average molecular weight is 324 g/mol. The van der Waals surface area contributed by atoms with Crippen LogP contribution >= 0.6 is 11.3 Å². The average Bonchev–Trinajstić information content (AvgIpc) is 2.98. The molecule has 0 fully saturated rings. The predicted molar refractivity (Wildman–Crippen MR) is 93.2 cm³/mol. The Morgan fingerprint density at radius 1 is 1.09 bits per heavy atom. The van der Waals surface area contributed by atoms with Crippen LogP contribution in [-0.4, -0.2) is 18.0 Å². The molecule has 4 nitrogen and oxygen atoms in total. The number of hydrogen-bond acceptors (Lipinski definition) is 4. The number of aryl methyl sites for hydroxylation is 1. The molecule has 0 aliphatic carbocycles. The Labute approximate surface area is 138 Å². The van der Waals surface area contributed by atoms with Crippen LogP contribution in [0.2, 0.25) is 0 Å². The normalized spacial score (nSPS) is 10.3. The molecule has 0 saturated heterocycles. The fourth-order valence-corrected chi connectivity index (χ4v) is 3.16. The summed E-state index contributed by atoms with van der Waals surface area (Å²) in [6.45, 7) is 1.90. The Kier molecular flexibility index (Phi) is 4.39. The number of rotatable bonds is 4. The molecule has 0 radical (unpaired) electrons. The van der Waals surface area contributed by atoms with E-state index < -0.39 is 0 Å². The van der Waals surface area contributed by atoms with E-state index in [1.165, 1.54) is 11.3 Å². The van der Waals surface area contributed by atoms with Crippen molar-refractivity contribution in [3.63, 3.8) is 0 Å². The van der Waals surface area contributed by atoms with Gasteiger partial charge in [-0.2, -0.15) is 0 Å². The zero-order valence-electron chi connectivity index (χ0n) is 12.9. The molecule has 2 aromatic carbocycles. The highest BCUT2D eigenvalue weighted by molar-refractivity contribution is 7.15. The van der Waals surface area contributed by atoms with Crippen LogP contribution in [0, 0.1) is 6.92 Å². The third-order valence-corrected chi connectivity index (χ3v) is 4.41. The van der Waals surface area contributed by atoms with E-state index >= 15 is 0 Å². The molecule has 23 heavy (non-hydrogen) atoms. The van der Waals surface area contributed by atoms with Crippen molar-refractivity contribution in [2.75, 3.05) is 12.4 Å². The Morgan fingerprint density at radius 3 is 2.52 bits per heavy atom. The lowest BCUT2D eigenvalue weighted by atomic mass is 10.2. The first-order chi connectivity index (χ1) is 11.2. The number of para-hydroxylation sites is 2. The first-order valence-corrected chi connectivity index (χ1v) is 7.98. The fourth-order valence-electron chi connectivity index (χ4n) is 2.24. The highest BCUT2D eigenvalue weighted by Crippen LogP contribution is 2.29. The lowest BCUT2D eigenvalue weighted by molar-refractivity contribution is 0.102. The summed E-state index contributed by atoms with van der Waals surface area (Å²) in [5, 5.41) is 3.70. The van der Waals surface area contributed by atoms with Crippen molar-refractivity contribution in [1.29, 1.82) is 0 Å². The molecular formula is C18H16N2O2S. The third-order valence-electron chi connectivity index (χ3n) is 3.39. The minimum absolute atomic E-state index is 0.231. The molecule has 0 aliphatic rings. The molecule has 3 aromatic rings. The van der Waals surface area contributed by atoms with Crippen molar-refractivity contribution in [2.45, 2.75) is 6.92 Å². The Balaban J connectivity index is 1.87. The van der Waals surface area contributed by atoms with Gasteiger partial charge in [0, 0.05) is 10.4 Å². The highest BCUT2D eigenvalue weighted by atomic mass is 32.1. The summed E-state index contributed by atoms with van der Waals surface area (Å²) in [4.78, 5) is 17.9. The van der Waals surface area contributed by atoms with Gasteiger partial charge in [0.25, 0.3) is 5.91 Å². The molecule has 0 aliphatic heterocycles. The molecule has 0 bridgehead atoms.